The maximum absolute atomic E-state index is 13.6. The Morgan fingerprint density at radius 1 is 1.44 bits per heavy atom. The SMILES string of the molecule is CCCNC(CSC)c1cc2cccc(F)c2o1. The van der Waals surface area contributed by atoms with Crippen LogP contribution in [0.3, 0.4) is 0 Å². The molecule has 0 saturated carbocycles. The molecule has 1 aromatic carbocycles. The van der Waals surface area contributed by atoms with Gasteiger partial charge >= 0.3 is 0 Å². The van der Waals surface area contributed by atoms with Crippen LogP contribution >= 0.6 is 11.8 Å². The maximum Gasteiger partial charge on any atom is 0.169 e. The Bertz CT molecular complexity index is 511. The van der Waals surface area contributed by atoms with Crippen LogP contribution in [0.25, 0.3) is 11.0 Å². The van der Waals surface area contributed by atoms with Crippen molar-refractivity contribution in [3.8, 4) is 0 Å². The van der Waals surface area contributed by atoms with Crippen molar-refractivity contribution in [2.75, 3.05) is 18.6 Å². The molecule has 0 bridgehead atoms. The number of hydrogen-bond acceptors (Lipinski definition) is 3. The molecule has 98 valence electrons. The molecule has 0 aliphatic carbocycles. The van der Waals surface area contributed by atoms with Crippen LogP contribution in [0, 0.1) is 5.82 Å². The van der Waals surface area contributed by atoms with Gasteiger partial charge in [0.25, 0.3) is 0 Å². The summed E-state index contributed by atoms with van der Waals surface area (Å²) in [7, 11) is 0. The number of halogens is 1. The van der Waals surface area contributed by atoms with Gasteiger partial charge in [0, 0.05) is 11.1 Å². The number of fused-ring (bicyclic) bond motifs is 1. The fraction of sp³-hybridized carbons (Fsp3) is 0.429. The van der Waals surface area contributed by atoms with Gasteiger partial charge in [0.15, 0.2) is 11.4 Å². The quantitative estimate of drug-likeness (QED) is 0.857. The van der Waals surface area contributed by atoms with E-state index in [9.17, 15) is 4.39 Å². The molecule has 0 aliphatic heterocycles. The lowest BCUT2D eigenvalue weighted by atomic mass is 10.2. The first-order valence-corrected chi connectivity index (χ1v) is 7.56. The summed E-state index contributed by atoms with van der Waals surface area (Å²) in [6.07, 6.45) is 3.13. The van der Waals surface area contributed by atoms with E-state index in [2.05, 4.69) is 18.5 Å². The van der Waals surface area contributed by atoms with Crippen LogP contribution in [0.4, 0.5) is 4.39 Å². The van der Waals surface area contributed by atoms with Gasteiger partial charge in [0.1, 0.15) is 5.76 Å². The molecule has 0 radical (unpaired) electrons. The largest absolute Gasteiger partial charge is 0.456 e. The summed E-state index contributed by atoms with van der Waals surface area (Å²) >= 11 is 1.75. The molecule has 18 heavy (non-hydrogen) atoms. The van der Waals surface area contributed by atoms with E-state index in [0.29, 0.717) is 5.58 Å². The molecular weight excluding hydrogens is 249 g/mol. The zero-order chi connectivity index (χ0) is 13.0. The molecule has 1 N–H and O–H groups in total. The van der Waals surface area contributed by atoms with E-state index in [-0.39, 0.29) is 11.9 Å². The van der Waals surface area contributed by atoms with Crippen molar-refractivity contribution in [1.82, 2.24) is 5.32 Å². The standard InChI is InChI=1S/C14H18FNOS/c1-3-7-16-12(9-18-2)13-8-10-5-4-6-11(15)14(10)17-13/h4-6,8,12,16H,3,7,9H2,1-2H3. The predicted octanol–water partition coefficient (Wildman–Crippen LogP) is 3.98. The van der Waals surface area contributed by atoms with Gasteiger partial charge in [-0.15, -0.1) is 0 Å². The second-order valence-electron chi connectivity index (χ2n) is 4.27. The van der Waals surface area contributed by atoms with Crippen LogP contribution in [0.1, 0.15) is 25.1 Å². The predicted molar refractivity (Wildman–Crippen MR) is 75.6 cm³/mol. The first-order chi connectivity index (χ1) is 8.76. The molecule has 1 atom stereocenters. The molecule has 0 amide bonds. The number of furan rings is 1. The lowest BCUT2D eigenvalue weighted by Gasteiger charge is -2.14. The highest BCUT2D eigenvalue weighted by Crippen LogP contribution is 2.27. The molecule has 2 rings (SSSR count). The van der Waals surface area contributed by atoms with E-state index in [0.717, 1.165) is 29.9 Å². The van der Waals surface area contributed by atoms with Crippen LogP contribution in [0.2, 0.25) is 0 Å². The zero-order valence-corrected chi connectivity index (χ0v) is 11.5. The number of hydrogen-bond donors (Lipinski definition) is 1. The molecule has 0 spiro atoms. The first kappa shape index (κ1) is 13.4. The topological polar surface area (TPSA) is 25.2 Å². The fourth-order valence-corrected chi connectivity index (χ4v) is 2.56. The number of nitrogens with one attached hydrogen (secondary N) is 1. The minimum atomic E-state index is -0.294. The van der Waals surface area contributed by atoms with Crippen molar-refractivity contribution in [3.05, 3.63) is 35.8 Å². The Hall–Kier alpha value is -1.00. The van der Waals surface area contributed by atoms with Crippen molar-refractivity contribution in [2.45, 2.75) is 19.4 Å². The normalized spacial score (nSPS) is 13.1. The van der Waals surface area contributed by atoms with E-state index >= 15 is 0 Å². The zero-order valence-electron chi connectivity index (χ0n) is 10.7. The fourth-order valence-electron chi connectivity index (χ4n) is 1.95. The van der Waals surface area contributed by atoms with Crippen LogP contribution in [-0.4, -0.2) is 18.6 Å². The summed E-state index contributed by atoms with van der Waals surface area (Å²) in [4.78, 5) is 0. The van der Waals surface area contributed by atoms with Crippen LogP contribution < -0.4 is 5.32 Å². The van der Waals surface area contributed by atoms with Crippen LogP contribution in [0.15, 0.2) is 28.7 Å². The second kappa shape index (κ2) is 6.25. The Balaban J connectivity index is 2.29. The average molecular weight is 267 g/mol. The minimum absolute atomic E-state index is 0.145. The van der Waals surface area contributed by atoms with Crippen molar-refractivity contribution >= 4 is 22.7 Å². The molecule has 4 heteroatoms. The van der Waals surface area contributed by atoms with E-state index in [1.807, 2.05) is 12.1 Å². The van der Waals surface area contributed by atoms with Crippen molar-refractivity contribution in [3.63, 3.8) is 0 Å². The molecule has 1 aromatic heterocycles. The maximum atomic E-state index is 13.6. The van der Waals surface area contributed by atoms with Gasteiger partial charge in [-0.2, -0.15) is 11.8 Å². The first-order valence-electron chi connectivity index (χ1n) is 6.16. The van der Waals surface area contributed by atoms with Gasteiger partial charge < -0.3 is 9.73 Å². The van der Waals surface area contributed by atoms with Crippen LogP contribution in [-0.2, 0) is 0 Å². The molecule has 1 unspecified atom stereocenters. The Morgan fingerprint density at radius 2 is 2.28 bits per heavy atom. The van der Waals surface area contributed by atoms with Gasteiger partial charge in [0.05, 0.1) is 6.04 Å². The summed E-state index contributed by atoms with van der Waals surface area (Å²) in [6.45, 7) is 3.06. The lowest BCUT2D eigenvalue weighted by molar-refractivity contribution is 0.447. The third-order valence-electron chi connectivity index (χ3n) is 2.83. The highest BCUT2D eigenvalue weighted by molar-refractivity contribution is 7.98. The van der Waals surface area contributed by atoms with Crippen LogP contribution in [0.5, 0.6) is 0 Å². The van der Waals surface area contributed by atoms with Gasteiger partial charge in [0.2, 0.25) is 0 Å². The number of rotatable bonds is 6. The van der Waals surface area contributed by atoms with E-state index in [4.69, 9.17) is 4.42 Å². The highest BCUT2D eigenvalue weighted by Gasteiger charge is 2.16. The van der Waals surface area contributed by atoms with Gasteiger partial charge in [-0.3, -0.25) is 0 Å². The summed E-state index contributed by atoms with van der Waals surface area (Å²) < 4.78 is 19.2. The average Bonchev–Trinajstić information content (AvgIpc) is 2.80. The highest BCUT2D eigenvalue weighted by atomic mass is 32.2. The third-order valence-corrected chi connectivity index (χ3v) is 3.50. The van der Waals surface area contributed by atoms with Gasteiger partial charge in [-0.1, -0.05) is 19.1 Å². The number of benzene rings is 1. The summed E-state index contributed by atoms with van der Waals surface area (Å²) in [6, 6.07) is 7.09. The van der Waals surface area contributed by atoms with Gasteiger partial charge in [-0.05, 0) is 31.4 Å². The van der Waals surface area contributed by atoms with Crippen molar-refractivity contribution in [1.29, 1.82) is 0 Å². The number of para-hydroxylation sites is 1. The smallest absolute Gasteiger partial charge is 0.169 e. The summed E-state index contributed by atoms with van der Waals surface area (Å²) in [5.41, 5.74) is 0.358. The molecule has 2 nitrogen and oxygen atoms in total. The lowest BCUT2D eigenvalue weighted by Crippen LogP contribution is -2.23. The summed E-state index contributed by atoms with van der Waals surface area (Å²) in [5.74, 6) is 1.44. The van der Waals surface area contributed by atoms with Gasteiger partial charge in [-0.25, -0.2) is 4.39 Å². The Kier molecular flexibility index (Phi) is 4.66. The number of thioether (sulfide) groups is 1. The molecule has 0 fully saturated rings. The Morgan fingerprint density at radius 3 is 2.94 bits per heavy atom. The second-order valence-corrected chi connectivity index (χ2v) is 5.18. The third kappa shape index (κ3) is 2.87. The molecular formula is C14H18FNOS. The molecule has 0 aliphatic rings. The molecule has 0 saturated heterocycles. The van der Waals surface area contributed by atoms with Crippen molar-refractivity contribution in [2.24, 2.45) is 0 Å². The summed E-state index contributed by atoms with van der Waals surface area (Å²) in [5, 5.41) is 4.26. The monoisotopic (exact) mass is 267 g/mol. The van der Waals surface area contributed by atoms with E-state index in [1.54, 1.807) is 17.8 Å². The molecule has 2 aromatic rings. The Labute approximate surface area is 111 Å². The minimum Gasteiger partial charge on any atom is -0.456 e. The van der Waals surface area contributed by atoms with E-state index in [1.165, 1.54) is 6.07 Å². The van der Waals surface area contributed by atoms with E-state index < -0.39 is 0 Å². The molecule has 1 heterocycles. The van der Waals surface area contributed by atoms with Crippen molar-refractivity contribution < 1.29 is 8.81 Å².